The number of carbonyl (C=O) groups excluding carboxylic acids is 1. The molecule has 0 saturated heterocycles. The molecule has 16 heavy (non-hydrogen) atoms. The Bertz CT molecular complexity index is 372. The summed E-state index contributed by atoms with van der Waals surface area (Å²) in [5.41, 5.74) is 6.63. The Morgan fingerprint density at radius 2 is 2.44 bits per heavy atom. The normalized spacial score (nSPS) is 24.8. The Hall–Kier alpha value is -1.29. The van der Waals surface area contributed by atoms with Gasteiger partial charge in [0.15, 0.2) is 0 Å². The third kappa shape index (κ3) is 2.44. The minimum absolute atomic E-state index is 0.0173. The first-order valence-electron chi connectivity index (χ1n) is 5.80. The summed E-state index contributed by atoms with van der Waals surface area (Å²) in [4.78, 5) is 11.2. The smallest absolute Gasteiger partial charge is 0.222 e. The van der Waals surface area contributed by atoms with Crippen molar-refractivity contribution in [2.24, 2.45) is 18.7 Å². The summed E-state index contributed by atoms with van der Waals surface area (Å²) >= 11 is 0. The zero-order chi connectivity index (χ0) is 11.5. The SMILES string of the molecule is Cn1ccc(CNC2CCCC2C(N)=O)c1. The van der Waals surface area contributed by atoms with Crippen molar-refractivity contribution >= 4 is 5.91 Å². The number of nitrogens with zero attached hydrogens (tertiary/aromatic N) is 1. The molecule has 3 N–H and O–H groups in total. The van der Waals surface area contributed by atoms with Gasteiger partial charge in [0.1, 0.15) is 0 Å². The fourth-order valence-corrected chi connectivity index (χ4v) is 2.46. The Morgan fingerprint density at radius 3 is 3.06 bits per heavy atom. The van der Waals surface area contributed by atoms with Crippen LogP contribution in [0.2, 0.25) is 0 Å². The van der Waals surface area contributed by atoms with Crippen molar-refractivity contribution in [3.05, 3.63) is 24.0 Å². The van der Waals surface area contributed by atoms with Crippen LogP contribution in [0.4, 0.5) is 0 Å². The average Bonchev–Trinajstić information content (AvgIpc) is 2.83. The summed E-state index contributed by atoms with van der Waals surface area (Å²) in [6.07, 6.45) is 7.20. The molecule has 1 saturated carbocycles. The van der Waals surface area contributed by atoms with Crippen molar-refractivity contribution in [2.75, 3.05) is 0 Å². The highest BCUT2D eigenvalue weighted by molar-refractivity contribution is 5.77. The van der Waals surface area contributed by atoms with Gasteiger partial charge in [-0.25, -0.2) is 0 Å². The number of primary amides is 1. The Kier molecular flexibility index (Phi) is 3.29. The highest BCUT2D eigenvalue weighted by Gasteiger charge is 2.30. The molecular formula is C12H19N3O. The van der Waals surface area contributed by atoms with E-state index in [1.54, 1.807) is 0 Å². The first-order chi connectivity index (χ1) is 7.66. The molecule has 0 spiro atoms. The zero-order valence-electron chi connectivity index (χ0n) is 9.65. The molecule has 4 nitrogen and oxygen atoms in total. The van der Waals surface area contributed by atoms with Crippen LogP contribution in [-0.2, 0) is 18.4 Å². The Labute approximate surface area is 95.8 Å². The monoisotopic (exact) mass is 221 g/mol. The molecule has 88 valence electrons. The number of rotatable bonds is 4. The molecule has 2 unspecified atom stereocenters. The van der Waals surface area contributed by atoms with Crippen LogP contribution in [0.15, 0.2) is 18.5 Å². The second kappa shape index (κ2) is 4.70. The summed E-state index contributed by atoms with van der Waals surface area (Å²) in [6.45, 7) is 0.815. The van der Waals surface area contributed by atoms with Gasteiger partial charge in [-0.15, -0.1) is 0 Å². The number of hydrogen-bond donors (Lipinski definition) is 2. The second-order valence-electron chi connectivity index (χ2n) is 4.61. The van der Waals surface area contributed by atoms with Crippen LogP contribution >= 0.6 is 0 Å². The average molecular weight is 221 g/mol. The first kappa shape index (κ1) is 11.2. The largest absolute Gasteiger partial charge is 0.369 e. The predicted molar refractivity (Wildman–Crippen MR) is 62.6 cm³/mol. The quantitative estimate of drug-likeness (QED) is 0.789. The third-order valence-electron chi connectivity index (χ3n) is 3.34. The number of hydrogen-bond acceptors (Lipinski definition) is 2. The van der Waals surface area contributed by atoms with Crippen LogP contribution in [-0.4, -0.2) is 16.5 Å². The maximum absolute atomic E-state index is 11.2. The van der Waals surface area contributed by atoms with Gasteiger partial charge in [-0.05, 0) is 24.5 Å². The van der Waals surface area contributed by atoms with Gasteiger partial charge in [0.25, 0.3) is 0 Å². The number of aromatic nitrogens is 1. The van der Waals surface area contributed by atoms with Crippen LogP contribution in [0, 0.1) is 5.92 Å². The van der Waals surface area contributed by atoms with E-state index < -0.39 is 0 Å². The van der Waals surface area contributed by atoms with Crippen LogP contribution in [0.3, 0.4) is 0 Å². The first-order valence-corrected chi connectivity index (χ1v) is 5.80. The number of aryl methyl sites for hydroxylation is 1. The van der Waals surface area contributed by atoms with Gasteiger partial charge < -0.3 is 15.6 Å². The van der Waals surface area contributed by atoms with Crippen molar-refractivity contribution < 1.29 is 4.79 Å². The topological polar surface area (TPSA) is 60.1 Å². The Balaban J connectivity index is 1.87. The fraction of sp³-hybridized carbons (Fsp3) is 0.583. The highest BCUT2D eigenvalue weighted by Crippen LogP contribution is 2.25. The van der Waals surface area contributed by atoms with E-state index in [1.807, 2.05) is 17.8 Å². The highest BCUT2D eigenvalue weighted by atomic mass is 16.1. The fourth-order valence-electron chi connectivity index (χ4n) is 2.46. The maximum atomic E-state index is 11.2. The van der Waals surface area contributed by atoms with Crippen molar-refractivity contribution in [2.45, 2.75) is 31.8 Å². The number of carbonyl (C=O) groups is 1. The van der Waals surface area contributed by atoms with Crippen molar-refractivity contribution in [1.29, 1.82) is 0 Å². The lowest BCUT2D eigenvalue weighted by atomic mass is 10.0. The van der Waals surface area contributed by atoms with E-state index in [1.165, 1.54) is 5.56 Å². The lowest BCUT2D eigenvalue weighted by Gasteiger charge is -2.17. The van der Waals surface area contributed by atoms with Crippen molar-refractivity contribution in [3.63, 3.8) is 0 Å². The predicted octanol–water partition coefficient (Wildman–Crippen LogP) is 0.769. The summed E-state index contributed by atoms with van der Waals surface area (Å²) in [7, 11) is 2.01. The summed E-state index contributed by atoms with van der Waals surface area (Å²) in [5.74, 6) is -0.147. The summed E-state index contributed by atoms with van der Waals surface area (Å²) < 4.78 is 2.03. The van der Waals surface area contributed by atoms with Crippen molar-refractivity contribution in [1.82, 2.24) is 9.88 Å². The minimum Gasteiger partial charge on any atom is -0.369 e. The molecule has 2 atom stereocenters. The maximum Gasteiger partial charge on any atom is 0.222 e. The van der Waals surface area contributed by atoms with E-state index in [2.05, 4.69) is 17.6 Å². The second-order valence-corrected chi connectivity index (χ2v) is 4.61. The minimum atomic E-state index is -0.164. The molecule has 0 aromatic carbocycles. The molecule has 1 amide bonds. The lowest BCUT2D eigenvalue weighted by Crippen LogP contribution is -2.38. The van der Waals surface area contributed by atoms with Gasteiger partial charge in [0, 0.05) is 32.0 Å². The van der Waals surface area contributed by atoms with Crippen LogP contribution < -0.4 is 11.1 Å². The van der Waals surface area contributed by atoms with Gasteiger partial charge in [0.2, 0.25) is 5.91 Å². The van der Waals surface area contributed by atoms with E-state index in [-0.39, 0.29) is 17.9 Å². The third-order valence-corrected chi connectivity index (χ3v) is 3.34. The zero-order valence-corrected chi connectivity index (χ0v) is 9.65. The molecule has 1 aliphatic carbocycles. The molecule has 0 aliphatic heterocycles. The molecule has 2 rings (SSSR count). The van der Waals surface area contributed by atoms with Crippen LogP contribution in [0.1, 0.15) is 24.8 Å². The molecule has 0 bridgehead atoms. The summed E-state index contributed by atoms with van der Waals surface area (Å²) in [5, 5.41) is 3.43. The van der Waals surface area contributed by atoms with Crippen LogP contribution in [0.25, 0.3) is 0 Å². The standard InChI is InChI=1S/C12H19N3O/c1-15-6-5-9(8-15)7-14-11-4-2-3-10(11)12(13)16/h5-6,8,10-11,14H,2-4,7H2,1H3,(H2,13,16). The van der Waals surface area contributed by atoms with E-state index in [4.69, 9.17) is 5.73 Å². The van der Waals surface area contributed by atoms with E-state index in [0.29, 0.717) is 0 Å². The van der Waals surface area contributed by atoms with E-state index >= 15 is 0 Å². The number of nitrogens with two attached hydrogens (primary N) is 1. The van der Waals surface area contributed by atoms with Gasteiger partial charge in [0.05, 0.1) is 5.92 Å². The molecule has 4 heteroatoms. The lowest BCUT2D eigenvalue weighted by molar-refractivity contribution is -0.122. The van der Waals surface area contributed by atoms with Gasteiger partial charge in [-0.1, -0.05) is 6.42 Å². The number of nitrogens with one attached hydrogen (secondary N) is 1. The molecule has 1 aliphatic rings. The van der Waals surface area contributed by atoms with Gasteiger partial charge >= 0.3 is 0 Å². The molecule has 1 aromatic rings. The molecule has 1 fully saturated rings. The molecule has 1 aromatic heterocycles. The van der Waals surface area contributed by atoms with Crippen LogP contribution in [0.5, 0.6) is 0 Å². The molecular weight excluding hydrogens is 202 g/mol. The molecule has 1 heterocycles. The summed E-state index contributed by atoms with van der Waals surface area (Å²) in [6, 6.07) is 2.35. The van der Waals surface area contributed by atoms with Gasteiger partial charge in [-0.2, -0.15) is 0 Å². The number of amides is 1. The van der Waals surface area contributed by atoms with Gasteiger partial charge in [-0.3, -0.25) is 4.79 Å². The van der Waals surface area contributed by atoms with E-state index in [9.17, 15) is 4.79 Å². The Morgan fingerprint density at radius 1 is 1.62 bits per heavy atom. The molecule has 0 radical (unpaired) electrons. The van der Waals surface area contributed by atoms with E-state index in [0.717, 1.165) is 25.8 Å². The van der Waals surface area contributed by atoms with Crippen molar-refractivity contribution in [3.8, 4) is 0 Å².